The van der Waals surface area contributed by atoms with Crippen LogP contribution in [0.15, 0.2) is 17.8 Å². The average Bonchev–Trinajstić information content (AvgIpc) is 2.75. The summed E-state index contributed by atoms with van der Waals surface area (Å²) in [6.45, 7) is 0.394. The Bertz CT molecular complexity index is 481. The molecule has 0 aliphatic heterocycles. The molecule has 0 amide bonds. The highest BCUT2D eigenvalue weighted by molar-refractivity contribution is 7.09. The van der Waals surface area contributed by atoms with E-state index in [4.69, 9.17) is 11.6 Å². The molecule has 15 heavy (non-hydrogen) atoms. The monoisotopic (exact) mass is 244 g/mol. The lowest BCUT2D eigenvalue weighted by Crippen LogP contribution is -2.00. The number of halogens is 1. The number of aromatic nitrogens is 3. The van der Waals surface area contributed by atoms with E-state index in [2.05, 4.69) is 10.1 Å². The first-order valence-electron chi connectivity index (χ1n) is 3.92. The Morgan fingerprint density at radius 3 is 3.00 bits per heavy atom. The van der Waals surface area contributed by atoms with Gasteiger partial charge in [-0.25, -0.2) is 4.98 Å². The normalized spacial score (nSPS) is 10.5. The fourth-order valence-electron chi connectivity index (χ4n) is 1.06. The van der Waals surface area contributed by atoms with Crippen LogP contribution in [-0.4, -0.2) is 19.7 Å². The van der Waals surface area contributed by atoms with Crippen molar-refractivity contribution in [1.29, 1.82) is 0 Å². The van der Waals surface area contributed by atoms with Gasteiger partial charge >= 0.3 is 5.82 Å². The van der Waals surface area contributed by atoms with Gasteiger partial charge in [-0.1, -0.05) is 11.6 Å². The quantitative estimate of drug-likeness (QED) is 0.611. The van der Waals surface area contributed by atoms with Crippen LogP contribution in [-0.2, 0) is 6.54 Å². The standard InChI is InChI=1S/C7H5ClN4O2S/c8-5-3-11(10-7(5)12(13)14)4-6-9-1-2-15-6/h1-3H,4H2. The maximum absolute atomic E-state index is 10.5. The van der Waals surface area contributed by atoms with Gasteiger partial charge in [0.2, 0.25) is 0 Å². The zero-order chi connectivity index (χ0) is 10.8. The molecule has 0 aliphatic rings. The zero-order valence-corrected chi connectivity index (χ0v) is 8.90. The number of hydrogen-bond donors (Lipinski definition) is 0. The summed E-state index contributed by atoms with van der Waals surface area (Å²) in [4.78, 5) is 13.9. The summed E-state index contributed by atoms with van der Waals surface area (Å²) in [5.41, 5.74) is 0. The molecule has 0 N–H and O–H groups in total. The summed E-state index contributed by atoms with van der Waals surface area (Å²) in [6, 6.07) is 0. The molecule has 78 valence electrons. The predicted octanol–water partition coefficient (Wildman–Crippen LogP) is 1.95. The third-order valence-corrected chi connectivity index (χ3v) is 2.68. The number of thiazole rings is 1. The summed E-state index contributed by atoms with van der Waals surface area (Å²) in [5, 5.41) is 16.9. The van der Waals surface area contributed by atoms with Crippen molar-refractivity contribution in [3.05, 3.63) is 37.9 Å². The van der Waals surface area contributed by atoms with E-state index < -0.39 is 4.92 Å². The van der Waals surface area contributed by atoms with E-state index in [9.17, 15) is 10.1 Å². The molecule has 2 heterocycles. The molecule has 2 aromatic rings. The number of rotatable bonds is 3. The smallest absolute Gasteiger partial charge is 0.358 e. The summed E-state index contributed by atoms with van der Waals surface area (Å²) in [6.07, 6.45) is 3.08. The molecule has 0 fully saturated rings. The highest BCUT2D eigenvalue weighted by Gasteiger charge is 2.19. The van der Waals surface area contributed by atoms with Crippen molar-refractivity contribution in [3.63, 3.8) is 0 Å². The van der Waals surface area contributed by atoms with Gasteiger partial charge in [0, 0.05) is 11.6 Å². The fraction of sp³-hybridized carbons (Fsp3) is 0.143. The van der Waals surface area contributed by atoms with Crippen molar-refractivity contribution in [2.45, 2.75) is 6.54 Å². The van der Waals surface area contributed by atoms with Gasteiger partial charge in [0.25, 0.3) is 0 Å². The molecule has 0 aromatic carbocycles. The summed E-state index contributed by atoms with van der Waals surface area (Å²) in [7, 11) is 0. The predicted molar refractivity (Wildman–Crippen MR) is 55.1 cm³/mol. The topological polar surface area (TPSA) is 73.8 Å². The van der Waals surface area contributed by atoms with Crippen LogP contribution >= 0.6 is 22.9 Å². The first kappa shape index (κ1) is 10.1. The lowest BCUT2D eigenvalue weighted by atomic mass is 10.6. The van der Waals surface area contributed by atoms with Crippen LogP contribution in [0.5, 0.6) is 0 Å². The van der Waals surface area contributed by atoms with E-state index in [1.807, 2.05) is 5.38 Å². The first-order chi connectivity index (χ1) is 7.16. The van der Waals surface area contributed by atoms with Crippen LogP contribution in [0.1, 0.15) is 5.01 Å². The van der Waals surface area contributed by atoms with Crippen LogP contribution in [0, 0.1) is 10.1 Å². The van der Waals surface area contributed by atoms with Gasteiger partial charge < -0.3 is 10.1 Å². The molecule has 0 bridgehead atoms. The first-order valence-corrected chi connectivity index (χ1v) is 5.18. The van der Waals surface area contributed by atoms with Gasteiger partial charge in [-0.05, 0) is 4.92 Å². The Labute approximate surface area is 93.3 Å². The minimum Gasteiger partial charge on any atom is -0.358 e. The van der Waals surface area contributed by atoms with Crippen molar-refractivity contribution < 1.29 is 4.92 Å². The fourth-order valence-corrected chi connectivity index (χ4v) is 1.89. The van der Waals surface area contributed by atoms with Gasteiger partial charge in [-0.3, -0.25) is 0 Å². The van der Waals surface area contributed by atoms with E-state index in [0.29, 0.717) is 6.54 Å². The molecule has 0 radical (unpaired) electrons. The molecule has 2 rings (SSSR count). The minimum atomic E-state index is -0.610. The average molecular weight is 245 g/mol. The Balaban J connectivity index is 2.23. The van der Waals surface area contributed by atoms with E-state index in [-0.39, 0.29) is 10.8 Å². The Morgan fingerprint density at radius 1 is 1.67 bits per heavy atom. The van der Waals surface area contributed by atoms with Gasteiger partial charge in [0.1, 0.15) is 11.6 Å². The van der Waals surface area contributed by atoms with Crippen molar-refractivity contribution in [1.82, 2.24) is 14.8 Å². The Kier molecular flexibility index (Phi) is 2.65. The maximum atomic E-state index is 10.5. The van der Waals surface area contributed by atoms with Crippen LogP contribution in [0.3, 0.4) is 0 Å². The second-order valence-electron chi connectivity index (χ2n) is 2.68. The van der Waals surface area contributed by atoms with Crippen molar-refractivity contribution >= 4 is 28.8 Å². The number of nitro groups is 1. The van der Waals surface area contributed by atoms with Crippen LogP contribution in [0.2, 0.25) is 5.02 Å². The maximum Gasteiger partial charge on any atom is 0.408 e. The van der Waals surface area contributed by atoms with Gasteiger partial charge in [-0.15, -0.1) is 11.3 Å². The lowest BCUT2D eigenvalue weighted by Gasteiger charge is -1.89. The SMILES string of the molecule is O=[N+]([O-])c1nn(Cc2nccs2)cc1Cl. The Hall–Kier alpha value is -1.47. The van der Waals surface area contributed by atoms with E-state index in [1.165, 1.54) is 22.2 Å². The third kappa shape index (κ3) is 2.13. The number of nitrogens with zero attached hydrogens (tertiary/aromatic N) is 4. The van der Waals surface area contributed by atoms with Crippen LogP contribution in [0.25, 0.3) is 0 Å². The van der Waals surface area contributed by atoms with Crippen molar-refractivity contribution in [2.75, 3.05) is 0 Å². The largest absolute Gasteiger partial charge is 0.408 e. The molecule has 0 saturated heterocycles. The zero-order valence-electron chi connectivity index (χ0n) is 7.33. The molecular formula is C7H5ClN4O2S. The molecular weight excluding hydrogens is 240 g/mol. The molecule has 0 spiro atoms. The highest BCUT2D eigenvalue weighted by Crippen LogP contribution is 2.21. The summed E-state index contributed by atoms with van der Waals surface area (Å²) in [5.74, 6) is -0.326. The molecule has 0 unspecified atom stereocenters. The molecule has 0 atom stereocenters. The summed E-state index contributed by atoms with van der Waals surface area (Å²) >= 11 is 7.09. The van der Waals surface area contributed by atoms with Crippen molar-refractivity contribution in [3.8, 4) is 0 Å². The van der Waals surface area contributed by atoms with Crippen LogP contribution < -0.4 is 0 Å². The Morgan fingerprint density at radius 2 is 2.47 bits per heavy atom. The molecule has 0 aliphatic carbocycles. The molecule has 6 nitrogen and oxygen atoms in total. The second-order valence-corrected chi connectivity index (χ2v) is 4.07. The van der Waals surface area contributed by atoms with Gasteiger partial charge in [0.05, 0.1) is 11.3 Å². The number of hydrogen-bond acceptors (Lipinski definition) is 5. The second kappa shape index (κ2) is 3.95. The molecule has 2 aromatic heterocycles. The molecule has 8 heteroatoms. The third-order valence-electron chi connectivity index (χ3n) is 1.65. The molecule has 0 saturated carbocycles. The minimum absolute atomic E-state index is 0.0385. The van der Waals surface area contributed by atoms with E-state index >= 15 is 0 Å². The van der Waals surface area contributed by atoms with Gasteiger partial charge in [-0.2, -0.15) is 4.68 Å². The highest BCUT2D eigenvalue weighted by atomic mass is 35.5. The van der Waals surface area contributed by atoms with E-state index in [0.717, 1.165) is 5.01 Å². The lowest BCUT2D eigenvalue weighted by molar-refractivity contribution is -0.389. The summed E-state index contributed by atoms with van der Waals surface area (Å²) < 4.78 is 1.40. The van der Waals surface area contributed by atoms with E-state index in [1.54, 1.807) is 6.20 Å². The van der Waals surface area contributed by atoms with Crippen LogP contribution in [0.4, 0.5) is 5.82 Å². The van der Waals surface area contributed by atoms with Gasteiger partial charge in [0.15, 0.2) is 5.02 Å². The van der Waals surface area contributed by atoms with Crippen molar-refractivity contribution in [2.24, 2.45) is 0 Å².